The number of nitrogens with two attached hydrogens (primary N) is 1. The summed E-state index contributed by atoms with van der Waals surface area (Å²) in [6, 6.07) is 0. The maximum atomic E-state index is 5.68. The van der Waals surface area contributed by atoms with Crippen molar-refractivity contribution in [2.45, 2.75) is 13.8 Å². The Morgan fingerprint density at radius 1 is 1.44 bits per heavy atom. The van der Waals surface area contributed by atoms with Gasteiger partial charge in [-0.15, -0.1) is 0 Å². The molecule has 0 radical (unpaired) electrons. The molecule has 6 nitrogen and oxygen atoms in total. The Labute approximate surface area is 104 Å². The summed E-state index contributed by atoms with van der Waals surface area (Å²) in [5.74, 6) is 1.66. The van der Waals surface area contributed by atoms with E-state index in [9.17, 15) is 0 Å². The monoisotopic (exact) mass is 285 g/mol. The van der Waals surface area contributed by atoms with E-state index in [-0.39, 0.29) is 17.0 Å². The van der Waals surface area contributed by atoms with Gasteiger partial charge in [0.15, 0.2) is 11.5 Å². The van der Waals surface area contributed by atoms with Gasteiger partial charge in [0, 0.05) is 6.54 Å². The fraction of sp³-hybridized carbons (Fsp3) is 0.444. The zero-order valence-corrected chi connectivity index (χ0v) is 10.7. The van der Waals surface area contributed by atoms with Crippen molar-refractivity contribution in [1.82, 2.24) is 19.9 Å². The van der Waals surface area contributed by atoms with Crippen LogP contribution in [-0.2, 0) is 0 Å². The highest BCUT2D eigenvalue weighted by Crippen LogP contribution is 2.15. The van der Waals surface area contributed by atoms with E-state index in [1.807, 2.05) is 0 Å². The lowest BCUT2D eigenvalue weighted by molar-refractivity contribution is -0.00000362. The first-order valence-electron chi connectivity index (χ1n) is 4.87. The molecule has 88 valence electrons. The number of rotatable bonds is 3. The Bertz CT molecular complexity index is 466. The van der Waals surface area contributed by atoms with Crippen LogP contribution in [0.3, 0.4) is 0 Å². The quantitative estimate of drug-likeness (QED) is 0.607. The van der Waals surface area contributed by atoms with Crippen LogP contribution in [-0.4, -0.2) is 26.5 Å². The fourth-order valence-corrected chi connectivity index (χ4v) is 1.23. The predicted molar refractivity (Wildman–Crippen MR) is 59.4 cm³/mol. The molecule has 0 fully saturated rings. The van der Waals surface area contributed by atoms with E-state index in [0.29, 0.717) is 28.8 Å². The third kappa shape index (κ3) is 2.60. The van der Waals surface area contributed by atoms with Crippen molar-refractivity contribution in [3.05, 3.63) is 6.33 Å². The van der Waals surface area contributed by atoms with Gasteiger partial charge in [0.1, 0.15) is 11.8 Å². The minimum Gasteiger partial charge on any atom is -1.00 e. The Balaban J connectivity index is 0.00000128. The number of anilines is 2. The molecule has 4 N–H and O–H groups in total. The van der Waals surface area contributed by atoms with Crippen molar-refractivity contribution >= 4 is 22.9 Å². The molecule has 0 aliphatic heterocycles. The molecule has 7 heteroatoms. The summed E-state index contributed by atoms with van der Waals surface area (Å²) in [5.41, 5.74) is 6.95. The number of aromatic nitrogens is 4. The molecule has 0 atom stereocenters. The normalized spacial score (nSPS) is 10.4. The number of aromatic amines is 1. The maximum absolute atomic E-state index is 5.68. The fourth-order valence-electron chi connectivity index (χ4n) is 1.23. The number of halogens is 1. The molecule has 0 aliphatic rings. The lowest BCUT2D eigenvalue weighted by Crippen LogP contribution is -3.00. The number of fused-ring (bicyclic) bond motifs is 1. The number of hydrogen-bond acceptors (Lipinski definition) is 5. The molecular weight excluding hydrogens is 272 g/mol. The number of nitrogens with one attached hydrogen (secondary N) is 2. The van der Waals surface area contributed by atoms with Crippen molar-refractivity contribution < 1.29 is 17.0 Å². The zero-order valence-electron chi connectivity index (χ0n) is 9.16. The van der Waals surface area contributed by atoms with Crippen LogP contribution in [0.25, 0.3) is 11.2 Å². The molecule has 16 heavy (non-hydrogen) atoms. The van der Waals surface area contributed by atoms with E-state index < -0.39 is 0 Å². The summed E-state index contributed by atoms with van der Waals surface area (Å²) in [6.45, 7) is 5.11. The topological polar surface area (TPSA) is 92.5 Å². The minimum atomic E-state index is 0. The maximum Gasteiger partial charge on any atom is 0.202 e. The van der Waals surface area contributed by atoms with Crippen LogP contribution in [0, 0.1) is 5.92 Å². The number of imidazole rings is 1. The highest BCUT2D eigenvalue weighted by molar-refractivity contribution is 5.82. The SMILES string of the molecule is CC(C)CNc1nc2ncnc(N)c2[nH]1.[Br-]. The third-order valence-electron chi connectivity index (χ3n) is 2.00. The van der Waals surface area contributed by atoms with Gasteiger partial charge in [0.05, 0.1) is 0 Å². The molecule has 2 aromatic heterocycles. The van der Waals surface area contributed by atoms with Gasteiger partial charge in [0.2, 0.25) is 5.95 Å². The summed E-state index contributed by atoms with van der Waals surface area (Å²) in [4.78, 5) is 15.2. The van der Waals surface area contributed by atoms with Crippen LogP contribution in [0.4, 0.5) is 11.8 Å². The highest BCUT2D eigenvalue weighted by Gasteiger charge is 2.06. The smallest absolute Gasteiger partial charge is 0.202 e. The van der Waals surface area contributed by atoms with E-state index >= 15 is 0 Å². The highest BCUT2D eigenvalue weighted by atomic mass is 79.9. The Kier molecular flexibility index (Phi) is 4.05. The average Bonchev–Trinajstić information content (AvgIpc) is 2.59. The second-order valence-electron chi connectivity index (χ2n) is 3.82. The van der Waals surface area contributed by atoms with Crippen molar-refractivity contribution in [3.63, 3.8) is 0 Å². The Morgan fingerprint density at radius 2 is 2.19 bits per heavy atom. The lowest BCUT2D eigenvalue weighted by atomic mass is 10.2. The predicted octanol–water partition coefficient (Wildman–Crippen LogP) is -1.99. The minimum absolute atomic E-state index is 0. The second-order valence-corrected chi connectivity index (χ2v) is 3.82. The number of nitrogen functional groups attached to an aromatic ring is 1. The zero-order chi connectivity index (χ0) is 10.8. The van der Waals surface area contributed by atoms with Gasteiger partial charge in [-0.1, -0.05) is 13.8 Å². The largest absolute Gasteiger partial charge is 1.00 e. The van der Waals surface area contributed by atoms with Crippen LogP contribution in [0.5, 0.6) is 0 Å². The molecule has 0 spiro atoms. The van der Waals surface area contributed by atoms with Gasteiger partial charge in [-0.3, -0.25) is 0 Å². The molecule has 0 aromatic carbocycles. The second kappa shape index (κ2) is 5.11. The molecule has 2 rings (SSSR count). The van der Waals surface area contributed by atoms with E-state index in [4.69, 9.17) is 5.73 Å². The molecule has 0 amide bonds. The Hall–Kier alpha value is -1.37. The lowest BCUT2D eigenvalue weighted by Gasteiger charge is -2.04. The summed E-state index contributed by atoms with van der Waals surface area (Å²) in [5, 5.41) is 3.17. The van der Waals surface area contributed by atoms with Crippen LogP contribution in [0.1, 0.15) is 13.8 Å². The third-order valence-corrected chi connectivity index (χ3v) is 2.00. The number of nitrogens with zero attached hydrogens (tertiary/aromatic N) is 3. The molecule has 0 saturated carbocycles. The number of H-pyrrole nitrogens is 1. The van der Waals surface area contributed by atoms with Gasteiger partial charge < -0.3 is 33.0 Å². The Morgan fingerprint density at radius 3 is 2.81 bits per heavy atom. The van der Waals surface area contributed by atoms with Gasteiger partial charge in [-0.2, -0.15) is 4.98 Å². The van der Waals surface area contributed by atoms with E-state index in [1.165, 1.54) is 6.33 Å². The van der Waals surface area contributed by atoms with Gasteiger partial charge in [-0.05, 0) is 5.92 Å². The first-order valence-corrected chi connectivity index (χ1v) is 4.87. The summed E-state index contributed by atoms with van der Waals surface area (Å²) >= 11 is 0. The van der Waals surface area contributed by atoms with E-state index in [2.05, 4.69) is 39.1 Å². The first kappa shape index (κ1) is 12.7. The molecular formula is C9H14BrN6-. The van der Waals surface area contributed by atoms with Crippen molar-refractivity contribution in [1.29, 1.82) is 0 Å². The van der Waals surface area contributed by atoms with Gasteiger partial charge in [-0.25, -0.2) is 9.97 Å². The molecule has 0 bridgehead atoms. The van der Waals surface area contributed by atoms with Crippen LogP contribution >= 0.6 is 0 Å². The van der Waals surface area contributed by atoms with Crippen molar-refractivity contribution in [2.75, 3.05) is 17.6 Å². The van der Waals surface area contributed by atoms with Gasteiger partial charge >= 0.3 is 0 Å². The standard InChI is InChI=1S/C9H14N6.BrH/c1-5(2)3-11-9-14-6-7(10)12-4-13-8(6)15-9;/h4-5H,3H2,1-2H3,(H4,10,11,12,13,14,15);1H/p-1. The van der Waals surface area contributed by atoms with E-state index in [0.717, 1.165) is 6.54 Å². The van der Waals surface area contributed by atoms with Crippen LogP contribution in [0.15, 0.2) is 6.33 Å². The van der Waals surface area contributed by atoms with E-state index in [1.54, 1.807) is 0 Å². The van der Waals surface area contributed by atoms with Crippen molar-refractivity contribution in [3.8, 4) is 0 Å². The van der Waals surface area contributed by atoms with Gasteiger partial charge in [0.25, 0.3) is 0 Å². The molecule has 2 aromatic rings. The molecule has 0 unspecified atom stereocenters. The van der Waals surface area contributed by atoms with Crippen LogP contribution in [0.2, 0.25) is 0 Å². The summed E-state index contributed by atoms with van der Waals surface area (Å²) in [7, 11) is 0. The summed E-state index contributed by atoms with van der Waals surface area (Å²) < 4.78 is 0. The first-order chi connectivity index (χ1) is 7.16. The average molecular weight is 286 g/mol. The summed E-state index contributed by atoms with van der Waals surface area (Å²) in [6.07, 6.45) is 1.41. The molecule has 0 aliphatic carbocycles. The number of hydrogen-bond donors (Lipinski definition) is 3. The molecule has 2 heterocycles. The van der Waals surface area contributed by atoms with Crippen molar-refractivity contribution in [2.24, 2.45) is 5.92 Å². The molecule has 0 saturated heterocycles. The van der Waals surface area contributed by atoms with Crippen LogP contribution < -0.4 is 28.0 Å².